The highest BCUT2D eigenvalue weighted by molar-refractivity contribution is 5.91. The van der Waals surface area contributed by atoms with Crippen molar-refractivity contribution >= 4 is 23.9 Å². The number of nitrogens with one attached hydrogen (secondary N) is 3. The summed E-state index contributed by atoms with van der Waals surface area (Å²) in [5.74, 6) is -1.61. The second kappa shape index (κ2) is 14.1. The molecule has 0 aliphatic rings. The summed E-state index contributed by atoms with van der Waals surface area (Å²) in [5, 5.41) is 7.71. The van der Waals surface area contributed by atoms with Gasteiger partial charge >= 0.3 is 12.1 Å². The fraction of sp³-hybridized carbons (Fsp3) is 0.565. The summed E-state index contributed by atoms with van der Waals surface area (Å²) >= 11 is 0. The van der Waals surface area contributed by atoms with E-state index < -0.39 is 41.6 Å². The Kier molecular flexibility index (Phi) is 11.9. The largest absolute Gasteiger partial charge is 0.465 e. The maximum Gasteiger partial charge on any atom is 0.407 e. The first-order valence-electron chi connectivity index (χ1n) is 11.0. The van der Waals surface area contributed by atoms with Crippen molar-refractivity contribution in [1.82, 2.24) is 16.0 Å². The van der Waals surface area contributed by atoms with Crippen LogP contribution in [-0.2, 0) is 30.3 Å². The molecule has 0 heterocycles. The summed E-state index contributed by atoms with van der Waals surface area (Å²) in [4.78, 5) is 48.5. The van der Waals surface area contributed by atoms with Gasteiger partial charge in [0.2, 0.25) is 11.8 Å². The Hall–Kier alpha value is -3.14. The molecule has 10 heteroatoms. The van der Waals surface area contributed by atoms with Crippen molar-refractivity contribution in [2.75, 3.05) is 19.7 Å². The third kappa shape index (κ3) is 12.5. The average molecular weight is 465 g/mol. The number of rotatable bonds is 12. The van der Waals surface area contributed by atoms with Crippen LogP contribution in [0.1, 0.15) is 46.1 Å². The van der Waals surface area contributed by atoms with E-state index in [9.17, 15) is 19.2 Å². The molecule has 0 fully saturated rings. The highest BCUT2D eigenvalue weighted by Crippen LogP contribution is 2.07. The lowest BCUT2D eigenvalue weighted by molar-refractivity contribution is -0.143. The van der Waals surface area contributed by atoms with Gasteiger partial charge in [-0.2, -0.15) is 0 Å². The summed E-state index contributed by atoms with van der Waals surface area (Å²) < 4.78 is 9.97. The van der Waals surface area contributed by atoms with Gasteiger partial charge in [0.05, 0.1) is 12.6 Å². The van der Waals surface area contributed by atoms with E-state index in [0.717, 1.165) is 5.56 Å². The number of esters is 1. The minimum absolute atomic E-state index is 0.194. The summed E-state index contributed by atoms with van der Waals surface area (Å²) in [5.41, 5.74) is 6.29. The van der Waals surface area contributed by atoms with Crippen molar-refractivity contribution in [1.29, 1.82) is 0 Å². The number of amides is 3. The summed E-state index contributed by atoms with van der Waals surface area (Å²) in [6, 6.07) is 7.50. The molecule has 5 N–H and O–H groups in total. The van der Waals surface area contributed by atoms with Gasteiger partial charge in [-0.3, -0.25) is 14.4 Å². The lowest BCUT2D eigenvalue weighted by Crippen LogP contribution is -2.53. The minimum Gasteiger partial charge on any atom is -0.465 e. The van der Waals surface area contributed by atoms with Crippen molar-refractivity contribution in [3.05, 3.63) is 35.9 Å². The van der Waals surface area contributed by atoms with E-state index in [0.29, 0.717) is 12.8 Å². The van der Waals surface area contributed by atoms with Crippen LogP contribution in [0.4, 0.5) is 4.79 Å². The molecule has 0 spiro atoms. The van der Waals surface area contributed by atoms with Gasteiger partial charge in [0.25, 0.3) is 0 Å². The highest BCUT2D eigenvalue weighted by atomic mass is 16.6. The Balaban J connectivity index is 2.65. The zero-order valence-corrected chi connectivity index (χ0v) is 19.8. The van der Waals surface area contributed by atoms with E-state index in [-0.39, 0.29) is 26.1 Å². The van der Waals surface area contributed by atoms with E-state index in [1.165, 1.54) is 0 Å². The number of hydrogen-bond donors (Lipinski definition) is 4. The maximum atomic E-state index is 12.6. The van der Waals surface area contributed by atoms with Crippen LogP contribution in [0, 0.1) is 0 Å². The number of carbonyl (C=O) groups excluding carboxylic acids is 4. The monoisotopic (exact) mass is 464 g/mol. The molecule has 0 aromatic heterocycles. The standard InChI is InChI=1S/C23H36N4O6/c1-5-32-19(28)15-26-21(30)18(12-9-13-25-22(31)33-23(2,3)4)27-20(29)17(24)14-16-10-7-6-8-11-16/h6-8,10-11,17-18H,5,9,12-15,24H2,1-4H3,(H,25,31)(H,26,30)(H,27,29)/t17-,18-/m0/s1. The Morgan fingerprint density at radius 1 is 1.03 bits per heavy atom. The van der Waals surface area contributed by atoms with Crippen molar-refractivity contribution in [2.24, 2.45) is 5.73 Å². The summed E-state index contributed by atoms with van der Waals surface area (Å²) in [7, 11) is 0. The van der Waals surface area contributed by atoms with Gasteiger partial charge in [0.1, 0.15) is 18.2 Å². The van der Waals surface area contributed by atoms with E-state index in [1.54, 1.807) is 27.7 Å². The summed E-state index contributed by atoms with van der Waals surface area (Å²) in [6.07, 6.45) is 0.336. The van der Waals surface area contributed by atoms with Crippen LogP contribution in [0.5, 0.6) is 0 Å². The molecule has 1 rings (SSSR count). The van der Waals surface area contributed by atoms with Gasteiger partial charge in [0.15, 0.2) is 0 Å². The first-order valence-corrected chi connectivity index (χ1v) is 11.0. The predicted molar refractivity (Wildman–Crippen MR) is 123 cm³/mol. The predicted octanol–water partition coefficient (Wildman–Crippen LogP) is 1.03. The Bertz CT molecular complexity index is 779. The zero-order valence-electron chi connectivity index (χ0n) is 19.8. The highest BCUT2D eigenvalue weighted by Gasteiger charge is 2.24. The van der Waals surface area contributed by atoms with Gasteiger partial charge in [-0.05, 0) is 52.5 Å². The fourth-order valence-electron chi connectivity index (χ4n) is 2.81. The van der Waals surface area contributed by atoms with Gasteiger partial charge in [-0.15, -0.1) is 0 Å². The van der Waals surface area contributed by atoms with Crippen LogP contribution in [0.15, 0.2) is 30.3 Å². The molecule has 0 saturated heterocycles. The molecule has 2 atom stereocenters. The average Bonchev–Trinajstić information content (AvgIpc) is 2.73. The van der Waals surface area contributed by atoms with E-state index in [4.69, 9.17) is 15.2 Å². The SMILES string of the molecule is CCOC(=O)CNC(=O)[C@H](CCCNC(=O)OC(C)(C)C)NC(=O)[C@@H](N)Cc1ccccc1. The molecule has 1 aromatic carbocycles. The first kappa shape index (κ1) is 27.9. The molecule has 1 aromatic rings. The number of ether oxygens (including phenoxy) is 2. The number of carbonyl (C=O) groups is 4. The molecule has 10 nitrogen and oxygen atoms in total. The molecule has 0 aliphatic carbocycles. The number of hydrogen-bond acceptors (Lipinski definition) is 7. The van der Waals surface area contributed by atoms with Gasteiger partial charge in [-0.1, -0.05) is 30.3 Å². The third-order valence-electron chi connectivity index (χ3n) is 4.32. The molecule has 0 bridgehead atoms. The van der Waals surface area contributed by atoms with Crippen molar-refractivity contribution in [3.8, 4) is 0 Å². The van der Waals surface area contributed by atoms with E-state index in [1.807, 2.05) is 30.3 Å². The molecule has 0 aliphatic heterocycles. The van der Waals surface area contributed by atoms with E-state index >= 15 is 0 Å². The van der Waals surface area contributed by atoms with Crippen molar-refractivity contribution < 1.29 is 28.7 Å². The van der Waals surface area contributed by atoms with Crippen LogP contribution in [0.3, 0.4) is 0 Å². The van der Waals surface area contributed by atoms with E-state index in [2.05, 4.69) is 16.0 Å². The van der Waals surface area contributed by atoms with Gasteiger partial charge in [0, 0.05) is 6.54 Å². The topological polar surface area (TPSA) is 149 Å². The van der Waals surface area contributed by atoms with Gasteiger partial charge in [-0.25, -0.2) is 4.79 Å². The lowest BCUT2D eigenvalue weighted by Gasteiger charge is -2.22. The van der Waals surface area contributed by atoms with Crippen LogP contribution < -0.4 is 21.7 Å². The number of benzene rings is 1. The molecule has 184 valence electrons. The quantitative estimate of drug-likeness (QED) is 0.267. The lowest BCUT2D eigenvalue weighted by atomic mass is 10.0. The molecule has 0 unspecified atom stereocenters. The Morgan fingerprint density at radius 3 is 2.30 bits per heavy atom. The van der Waals surface area contributed by atoms with Crippen LogP contribution in [0.25, 0.3) is 0 Å². The molecular formula is C23H36N4O6. The van der Waals surface area contributed by atoms with Crippen LogP contribution in [-0.4, -0.2) is 61.3 Å². The Labute approximate surface area is 194 Å². The normalized spacial score (nSPS) is 12.8. The molecule has 0 radical (unpaired) electrons. The van der Waals surface area contributed by atoms with Gasteiger partial charge < -0.3 is 31.2 Å². The molecule has 0 saturated carbocycles. The third-order valence-corrected chi connectivity index (χ3v) is 4.32. The smallest absolute Gasteiger partial charge is 0.407 e. The minimum atomic E-state index is -0.936. The second-order valence-electron chi connectivity index (χ2n) is 8.45. The zero-order chi connectivity index (χ0) is 24.9. The molecule has 33 heavy (non-hydrogen) atoms. The maximum absolute atomic E-state index is 12.6. The summed E-state index contributed by atoms with van der Waals surface area (Å²) in [6.45, 7) is 7.04. The Morgan fingerprint density at radius 2 is 1.70 bits per heavy atom. The molecule has 3 amide bonds. The molecular weight excluding hydrogens is 428 g/mol. The van der Waals surface area contributed by atoms with Crippen LogP contribution >= 0.6 is 0 Å². The van der Waals surface area contributed by atoms with Crippen LogP contribution in [0.2, 0.25) is 0 Å². The van der Waals surface area contributed by atoms with Crippen molar-refractivity contribution in [3.63, 3.8) is 0 Å². The number of nitrogens with two attached hydrogens (primary N) is 1. The fourth-order valence-corrected chi connectivity index (χ4v) is 2.81. The van der Waals surface area contributed by atoms with Crippen molar-refractivity contribution in [2.45, 2.75) is 64.6 Å². The number of alkyl carbamates (subject to hydrolysis) is 1. The first-order chi connectivity index (χ1) is 15.5. The second-order valence-corrected chi connectivity index (χ2v) is 8.45.